The standard InChI is InChI=1S/C15H22INS/c1-10(2)15(6-7-15)9-17-12-4-3-5-13-11(12)8-14(16)18-13/h8,10,12,17H,3-7,9H2,1-2H3. The lowest BCUT2D eigenvalue weighted by molar-refractivity contribution is 0.311. The molecular weight excluding hydrogens is 353 g/mol. The first-order chi connectivity index (χ1) is 8.61. The normalized spacial score (nSPS) is 25.2. The molecule has 18 heavy (non-hydrogen) atoms. The molecule has 1 N–H and O–H groups in total. The van der Waals surface area contributed by atoms with Crippen LogP contribution in [-0.4, -0.2) is 6.54 Å². The maximum absolute atomic E-state index is 3.88. The van der Waals surface area contributed by atoms with E-state index in [0.717, 1.165) is 5.92 Å². The molecule has 0 aliphatic heterocycles. The Bertz CT molecular complexity index is 434. The third-order valence-electron chi connectivity index (χ3n) is 4.90. The summed E-state index contributed by atoms with van der Waals surface area (Å²) in [5.41, 5.74) is 2.23. The molecule has 0 saturated heterocycles. The molecule has 100 valence electrons. The van der Waals surface area contributed by atoms with Crippen molar-refractivity contribution in [3.63, 3.8) is 0 Å². The molecule has 1 aromatic rings. The highest BCUT2D eigenvalue weighted by molar-refractivity contribution is 14.1. The molecule has 2 aliphatic carbocycles. The Labute approximate surface area is 128 Å². The van der Waals surface area contributed by atoms with E-state index in [1.165, 1.54) is 41.5 Å². The van der Waals surface area contributed by atoms with Gasteiger partial charge >= 0.3 is 0 Å². The van der Waals surface area contributed by atoms with Crippen molar-refractivity contribution in [2.75, 3.05) is 6.54 Å². The zero-order valence-corrected chi connectivity index (χ0v) is 14.2. The van der Waals surface area contributed by atoms with Crippen molar-refractivity contribution in [3.05, 3.63) is 19.4 Å². The van der Waals surface area contributed by atoms with Crippen LogP contribution in [0.4, 0.5) is 0 Å². The lowest BCUT2D eigenvalue weighted by Gasteiger charge is -2.28. The molecule has 1 unspecified atom stereocenters. The largest absolute Gasteiger partial charge is 0.309 e. The van der Waals surface area contributed by atoms with Crippen LogP contribution in [0.3, 0.4) is 0 Å². The summed E-state index contributed by atoms with van der Waals surface area (Å²) >= 11 is 4.46. The van der Waals surface area contributed by atoms with E-state index >= 15 is 0 Å². The first-order valence-electron chi connectivity index (χ1n) is 7.12. The zero-order valence-electron chi connectivity index (χ0n) is 11.3. The smallest absolute Gasteiger partial charge is 0.0659 e. The second-order valence-corrected chi connectivity index (χ2v) is 9.30. The number of hydrogen-bond acceptors (Lipinski definition) is 2. The SMILES string of the molecule is CC(C)C1(CNC2CCCc3sc(I)cc32)CC1. The van der Waals surface area contributed by atoms with Crippen molar-refractivity contribution in [3.8, 4) is 0 Å². The molecule has 0 radical (unpaired) electrons. The van der Waals surface area contributed by atoms with Crippen LogP contribution >= 0.6 is 33.9 Å². The Morgan fingerprint density at radius 1 is 1.50 bits per heavy atom. The Balaban J connectivity index is 1.67. The van der Waals surface area contributed by atoms with E-state index < -0.39 is 0 Å². The number of fused-ring (bicyclic) bond motifs is 1. The predicted molar refractivity (Wildman–Crippen MR) is 87.2 cm³/mol. The maximum Gasteiger partial charge on any atom is 0.0659 e. The molecule has 0 spiro atoms. The lowest BCUT2D eigenvalue weighted by atomic mass is 9.90. The topological polar surface area (TPSA) is 12.0 Å². The van der Waals surface area contributed by atoms with Crippen LogP contribution in [0.25, 0.3) is 0 Å². The van der Waals surface area contributed by atoms with Crippen molar-refractivity contribution < 1.29 is 0 Å². The van der Waals surface area contributed by atoms with Crippen molar-refractivity contribution in [2.24, 2.45) is 11.3 Å². The first-order valence-corrected chi connectivity index (χ1v) is 9.02. The molecule has 0 bridgehead atoms. The number of halogens is 1. The summed E-state index contributed by atoms with van der Waals surface area (Å²) in [5, 5.41) is 3.88. The summed E-state index contributed by atoms with van der Waals surface area (Å²) in [6, 6.07) is 3.04. The molecular formula is C15H22INS. The number of aryl methyl sites for hydroxylation is 1. The average Bonchev–Trinajstić information content (AvgIpc) is 3.02. The minimum Gasteiger partial charge on any atom is -0.309 e. The van der Waals surface area contributed by atoms with Gasteiger partial charge in [-0.05, 0) is 77.7 Å². The van der Waals surface area contributed by atoms with Gasteiger partial charge in [0.25, 0.3) is 0 Å². The molecule has 0 aromatic carbocycles. The number of nitrogens with one attached hydrogen (secondary N) is 1. The first kappa shape index (κ1) is 13.4. The fraction of sp³-hybridized carbons (Fsp3) is 0.733. The van der Waals surface area contributed by atoms with Crippen LogP contribution in [0.1, 0.15) is 56.0 Å². The Morgan fingerprint density at radius 3 is 2.94 bits per heavy atom. The molecule has 1 fully saturated rings. The average molecular weight is 375 g/mol. The Morgan fingerprint density at radius 2 is 2.28 bits per heavy atom. The van der Waals surface area contributed by atoms with E-state index in [0.29, 0.717) is 11.5 Å². The van der Waals surface area contributed by atoms with Crippen molar-refractivity contribution in [2.45, 2.75) is 52.0 Å². The minimum absolute atomic E-state index is 0.626. The van der Waals surface area contributed by atoms with Crippen LogP contribution < -0.4 is 5.32 Å². The van der Waals surface area contributed by atoms with Gasteiger partial charge in [0.1, 0.15) is 0 Å². The second kappa shape index (κ2) is 5.06. The van der Waals surface area contributed by atoms with Gasteiger partial charge in [-0.15, -0.1) is 11.3 Å². The van der Waals surface area contributed by atoms with Gasteiger partial charge in [0.15, 0.2) is 0 Å². The van der Waals surface area contributed by atoms with Gasteiger partial charge in [-0.3, -0.25) is 0 Å². The molecule has 1 nitrogen and oxygen atoms in total. The number of thiophene rings is 1. The highest BCUT2D eigenvalue weighted by Crippen LogP contribution is 2.51. The van der Waals surface area contributed by atoms with Crippen molar-refractivity contribution >= 4 is 33.9 Å². The third-order valence-corrected chi connectivity index (χ3v) is 6.87. The summed E-state index contributed by atoms with van der Waals surface area (Å²) in [6.45, 7) is 5.99. The molecule has 1 heterocycles. The van der Waals surface area contributed by atoms with Gasteiger partial charge in [-0.2, -0.15) is 0 Å². The van der Waals surface area contributed by atoms with Crippen molar-refractivity contribution in [1.82, 2.24) is 5.32 Å². The monoisotopic (exact) mass is 375 g/mol. The van der Waals surface area contributed by atoms with E-state index in [1.807, 2.05) is 11.3 Å². The summed E-state index contributed by atoms with van der Waals surface area (Å²) in [4.78, 5) is 1.64. The summed E-state index contributed by atoms with van der Waals surface area (Å²) in [6.07, 6.45) is 6.84. The van der Waals surface area contributed by atoms with Crippen molar-refractivity contribution in [1.29, 1.82) is 0 Å². The zero-order chi connectivity index (χ0) is 12.8. The van der Waals surface area contributed by atoms with E-state index in [4.69, 9.17) is 0 Å². The van der Waals surface area contributed by atoms with Crippen LogP contribution in [-0.2, 0) is 6.42 Å². The minimum atomic E-state index is 0.626. The molecule has 1 saturated carbocycles. The number of hydrogen-bond donors (Lipinski definition) is 1. The van der Waals surface area contributed by atoms with Gasteiger partial charge in [0.05, 0.1) is 2.88 Å². The van der Waals surface area contributed by atoms with Gasteiger partial charge < -0.3 is 5.32 Å². The molecule has 3 rings (SSSR count). The fourth-order valence-corrected chi connectivity index (χ4v) is 5.30. The highest BCUT2D eigenvalue weighted by atomic mass is 127. The fourth-order valence-electron chi connectivity index (χ4n) is 3.18. The lowest BCUT2D eigenvalue weighted by Crippen LogP contribution is -2.32. The molecule has 0 amide bonds. The molecule has 1 aromatic heterocycles. The second-order valence-electron chi connectivity index (χ2n) is 6.27. The van der Waals surface area contributed by atoms with E-state index in [1.54, 1.807) is 10.4 Å². The molecule has 2 aliphatic rings. The summed E-state index contributed by atoms with van der Waals surface area (Å²) in [7, 11) is 0. The van der Waals surface area contributed by atoms with Crippen LogP contribution in [0, 0.1) is 14.2 Å². The quantitative estimate of drug-likeness (QED) is 0.749. The van der Waals surface area contributed by atoms with E-state index in [2.05, 4.69) is 47.8 Å². The summed E-state index contributed by atoms with van der Waals surface area (Å²) < 4.78 is 1.45. The van der Waals surface area contributed by atoms with Gasteiger partial charge in [-0.25, -0.2) is 0 Å². The van der Waals surface area contributed by atoms with Crippen LogP contribution in [0.2, 0.25) is 0 Å². The predicted octanol–water partition coefficient (Wildman–Crippen LogP) is 4.76. The van der Waals surface area contributed by atoms with Gasteiger partial charge in [0, 0.05) is 17.5 Å². The number of rotatable bonds is 4. The summed E-state index contributed by atoms with van der Waals surface area (Å²) in [5.74, 6) is 0.829. The van der Waals surface area contributed by atoms with Crippen LogP contribution in [0.5, 0.6) is 0 Å². The highest BCUT2D eigenvalue weighted by Gasteiger charge is 2.45. The van der Waals surface area contributed by atoms with E-state index in [-0.39, 0.29) is 0 Å². The van der Waals surface area contributed by atoms with Crippen LogP contribution in [0.15, 0.2) is 6.07 Å². The van der Waals surface area contributed by atoms with Gasteiger partial charge in [0.2, 0.25) is 0 Å². The third kappa shape index (κ3) is 2.50. The van der Waals surface area contributed by atoms with Gasteiger partial charge in [-0.1, -0.05) is 13.8 Å². The molecule has 1 atom stereocenters. The maximum atomic E-state index is 3.88. The Kier molecular flexibility index (Phi) is 3.76. The van der Waals surface area contributed by atoms with E-state index in [9.17, 15) is 0 Å². The Hall–Kier alpha value is 0.390. The molecule has 3 heteroatoms.